The molecule has 23 heteroatoms. The number of rotatable bonds is 22. The molecule has 0 saturated carbocycles. The second-order valence-electron chi connectivity index (χ2n) is 19.0. The van der Waals surface area contributed by atoms with Gasteiger partial charge in [0.25, 0.3) is 0 Å². The minimum absolute atomic E-state index is 0.0121. The van der Waals surface area contributed by atoms with Crippen LogP contribution in [-0.2, 0) is 46.3 Å². The van der Waals surface area contributed by atoms with Crippen molar-refractivity contribution in [1.82, 2.24) is 9.55 Å². The van der Waals surface area contributed by atoms with E-state index in [-0.39, 0.29) is 25.1 Å². The third-order valence-corrected chi connectivity index (χ3v) is 15.5. The zero-order chi connectivity index (χ0) is 52.2. The molecule has 2 saturated heterocycles. The molecule has 0 amide bonds. The number of anilines is 1. The van der Waals surface area contributed by atoms with Gasteiger partial charge in [-0.25, -0.2) is 13.9 Å². The molecular weight excluding hydrogens is 968 g/mol. The Morgan fingerprint density at radius 1 is 0.817 bits per heavy atom. The zero-order valence-electron chi connectivity index (χ0n) is 41.9. The average molecular weight is 1050 g/mol. The van der Waals surface area contributed by atoms with Gasteiger partial charge in [0, 0.05) is 37.3 Å². The molecule has 2 fully saturated rings. The Balaban J connectivity index is 1.83. The van der Waals surface area contributed by atoms with Crippen LogP contribution in [0.15, 0.2) is 29.2 Å². The van der Waals surface area contributed by atoms with Crippen molar-refractivity contribution >= 4 is 33.4 Å². The van der Waals surface area contributed by atoms with Gasteiger partial charge in [0.1, 0.15) is 30.9 Å². The van der Waals surface area contributed by atoms with Gasteiger partial charge in [-0.2, -0.15) is 9.29 Å². The van der Waals surface area contributed by atoms with Crippen LogP contribution >= 0.6 is 15.6 Å². The third-order valence-electron chi connectivity index (χ3n) is 12.9. The van der Waals surface area contributed by atoms with E-state index in [1.165, 1.54) is 75.8 Å². The lowest BCUT2D eigenvalue weighted by Gasteiger charge is -2.41. The average Bonchev–Trinajstić information content (AvgIpc) is 3.30. The minimum atomic E-state index is -5.69. The molecular formula is C48H85N3O18P2. The van der Waals surface area contributed by atoms with Crippen molar-refractivity contribution in [2.75, 3.05) is 25.6 Å². The highest BCUT2D eigenvalue weighted by Gasteiger charge is 2.45. The summed E-state index contributed by atoms with van der Waals surface area (Å²) in [5.74, 6) is -3.98. The Kier molecular flexibility index (Phi) is 30.1. The molecule has 0 aromatic carbocycles. The predicted molar refractivity (Wildman–Crippen MR) is 263 cm³/mol. The van der Waals surface area contributed by atoms with Crippen LogP contribution in [-0.4, -0.2) is 119 Å². The number of hydrogen-bond acceptors (Lipinski definition) is 18. The number of cyclic esters (lactones) is 1. The molecule has 2 aliphatic rings. The molecule has 0 aliphatic carbocycles. The molecule has 2 bridgehead atoms. The van der Waals surface area contributed by atoms with Gasteiger partial charge >= 0.3 is 33.3 Å². The maximum Gasteiger partial charge on any atom is 0.481 e. The maximum absolute atomic E-state index is 13.4. The summed E-state index contributed by atoms with van der Waals surface area (Å²) >= 11 is 0. The predicted octanol–water partition coefficient (Wildman–Crippen LogP) is 6.83. The first-order valence-electron chi connectivity index (χ1n) is 26.0. The fourth-order valence-electron chi connectivity index (χ4n) is 8.80. The van der Waals surface area contributed by atoms with Crippen molar-refractivity contribution in [1.29, 1.82) is 0 Å². The summed E-state index contributed by atoms with van der Waals surface area (Å²) in [6, 6.07) is 1.26. The molecule has 2 unspecified atom stereocenters. The quantitative estimate of drug-likeness (QED) is 0.0255. The number of aliphatic hydroxyl groups excluding tert-OH is 5. The fraction of sp³-hybridized carbons (Fsp3) is 0.833. The number of carbonyl (C=O) groups is 2. The highest BCUT2D eigenvalue weighted by Crippen LogP contribution is 2.60. The van der Waals surface area contributed by atoms with E-state index in [4.69, 9.17) is 29.0 Å². The monoisotopic (exact) mass is 1050 g/mol. The number of nitrogen functional groups attached to an aromatic ring is 1. The van der Waals surface area contributed by atoms with E-state index in [1.54, 1.807) is 0 Å². The lowest BCUT2D eigenvalue weighted by molar-refractivity contribution is -0.195. The van der Waals surface area contributed by atoms with E-state index >= 15 is 0 Å². The molecule has 1 aromatic heterocycles. The first kappa shape index (κ1) is 62.7. The van der Waals surface area contributed by atoms with E-state index in [0.717, 1.165) is 43.1 Å². The summed E-state index contributed by atoms with van der Waals surface area (Å²) in [7, 11) is -11.3. The highest BCUT2D eigenvalue weighted by atomic mass is 31.3. The lowest BCUT2D eigenvalue weighted by atomic mass is 9.82. The molecule has 0 spiro atoms. The Morgan fingerprint density at radius 3 is 2.04 bits per heavy atom. The van der Waals surface area contributed by atoms with Crippen LogP contribution in [0.4, 0.5) is 5.82 Å². The molecule has 1 aromatic rings. The van der Waals surface area contributed by atoms with E-state index in [0.29, 0.717) is 44.9 Å². The van der Waals surface area contributed by atoms with Crippen LogP contribution in [0.5, 0.6) is 0 Å². The number of phosphoric ester groups is 2. The Labute approximate surface area is 419 Å². The summed E-state index contributed by atoms with van der Waals surface area (Å²) in [6.07, 6.45) is 9.29. The third kappa shape index (κ3) is 25.0. The van der Waals surface area contributed by atoms with Crippen LogP contribution in [0.1, 0.15) is 181 Å². The summed E-state index contributed by atoms with van der Waals surface area (Å²) in [6.45, 7) is 1.54. The first-order valence-corrected chi connectivity index (χ1v) is 28.9. The Morgan fingerprint density at radius 2 is 1.41 bits per heavy atom. The summed E-state index contributed by atoms with van der Waals surface area (Å²) in [4.78, 5) is 64.2. The van der Waals surface area contributed by atoms with E-state index in [2.05, 4.69) is 16.2 Å². The van der Waals surface area contributed by atoms with Crippen LogP contribution in [0.2, 0.25) is 0 Å². The Hall–Kier alpha value is -2.62. The summed E-state index contributed by atoms with van der Waals surface area (Å²) in [5, 5.41) is 57.5. The van der Waals surface area contributed by atoms with Gasteiger partial charge in [-0.1, -0.05) is 142 Å². The molecule has 3 heterocycles. The first-order chi connectivity index (χ1) is 33.9. The molecule has 3 rings (SSSR count). The number of unbranched alkanes of at least 4 members (excludes halogenated alkanes) is 14. The largest absolute Gasteiger partial charge is 0.481 e. The number of phosphoric acid groups is 2. The van der Waals surface area contributed by atoms with Crippen molar-refractivity contribution < 1.29 is 81.6 Å². The van der Waals surface area contributed by atoms with E-state index in [1.807, 2.05) is 6.92 Å². The van der Waals surface area contributed by atoms with Crippen LogP contribution in [0, 0.1) is 11.8 Å². The lowest BCUT2D eigenvalue weighted by Crippen LogP contribution is -2.52. The molecule has 9 N–H and O–H groups in total. The number of aromatic nitrogens is 2. The van der Waals surface area contributed by atoms with Crippen molar-refractivity contribution in [3.05, 3.63) is 34.9 Å². The van der Waals surface area contributed by atoms with Crippen LogP contribution in [0.3, 0.4) is 0 Å². The van der Waals surface area contributed by atoms with Gasteiger partial charge in [-0.3, -0.25) is 23.2 Å². The molecule has 71 heavy (non-hydrogen) atoms. The number of esters is 2. The van der Waals surface area contributed by atoms with Crippen molar-refractivity contribution in [2.45, 2.75) is 223 Å². The number of nitrogens with zero attached hydrogens (tertiary/aromatic N) is 2. The van der Waals surface area contributed by atoms with Gasteiger partial charge in [0.15, 0.2) is 6.10 Å². The normalized spacial score (nSPS) is 30.8. The Bertz CT molecular complexity index is 1860. The van der Waals surface area contributed by atoms with E-state index < -0.39 is 120 Å². The van der Waals surface area contributed by atoms with Gasteiger partial charge in [0.2, 0.25) is 0 Å². The smallest absolute Gasteiger partial charge is 0.462 e. The number of fused-ring (bicyclic) bond motifs is 3. The summed E-state index contributed by atoms with van der Waals surface area (Å²) in [5.41, 5.74) is 4.81. The molecule has 0 radical (unpaired) electrons. The number of carbonyl (C=O) groups excluding carboxylic acids is 2. The minimum Gasteiger partial charge on any atom is -0.462 e. The molecule has 2 aliphatic heterocycles. The SMILES string of the molecule is CCCCCCCCCCCCCCCC(=O)O[C@@H]1COC(=O)CCCCCC[C@@H]2[C@H](n3ccc(N)nc3=O)O[C@H](COP(=O)(O)OP(=O)(O)OC1)[C@@H](O)[C@@H](O)[C@@H](/C=C/[C@@H](O)CCCCC)[C@H](O)C[C@@H]2O. The van der Waals surface area contributed by atoms with E-state index in [9.17, 15) is 58.8 Å². The number of hydrogen-bond donors (Lipinski definition) is 8. The van der Waals surface area contributed by atoms with Gasteiger partial charge < -0.3 is 55.3 Å². The fourth-order valence-corrected chi connectivity index (χ4v) is 10.9. The molecule has 410 valence electrons. The van der Waals surface area contributed by atoms with Crippen molar-refractivity contribution in [3.63, 3.8) is 0 Å². The highest BCUT2D eigenvalue weighted by molar-refractivity contribution is 7.61. The maximum atomic E-state index is 13.4. The number of nitrogens with two attached hydrogens (primary N) is 1. The second-order valence-corrected chi connectivity index (χ2v) is 22.0. The van der Waals surface area contributed by atoms with Gasteiger partial charge in [-0.15, -0.1) is 0 Å². The second kappa shape index (κ2) is 34.0. The standard InChI is InChI=1S/C48H85N3O18P2/c1-3-5-7-8-9-10-11-12-13-14-15-16-22-26-44(56)67-36-32-64-43(55)25-21-18-17-20-24-38-40(54)31-39(53)37(28-27-35(52)23-19-6-4-2)45(57)46(58)41(34-66-71(62,63)69-70(60,61)65-33-36)68-47(38)51-30-29-42(49)50-48(51)59/h27-30,35-41,45-47,52-54,57-58H,3-26,31-34H2,1-2H3,(H,60,61)(H,62,63)(H2,49,50,59)/b28-27+/t35-,36+,37-,38-,39+,40-,41+,45-,46+,47+/m0/s1. The van der Waals surface area contributed by atoms with Crippen LogP contribution < -0.4 is 11.4 Å². The van der Waals surface area contributed by atoms with Gasteiger partial charge in [-0.05, 0) is 31.7 Å². The van der Waals surface area contributed by atoms with Gasteiger partial charge in [0.05, 0.1) is 37.6 Å². The number of aliphatic hydroxyl groups is 5. The summed E-state index contributed by atoms with van der Waals surface area (Å²) < 4.78 is 59.2. The van der Waals surface area contributed by atoms with Crippen molar-refractivity contribution in [2.24, 2.45) is 11.8 Å². The zero-order valence-corrected chi connectivity index (χ0v) is 43.7. The molecule has 21 nitrogen and oxygen atoms in total. The van der Waals surface area contributed by atoms with Crippen molar-refractivity contribution in [3.8, 4) is 0 Å². The molecule has 12 atom stereocenters. The van der Waals surface area contributed by atoms with Crippen LogP contribution in [0.25, 0.3) is 0 Å². The topological polar surface area (TPSA) is 326 Å². The number of ether oxygens (including phenoxy) is 3.